The number of halogens is 3. The van der Waals surface area contributed by atoms with E-state index < -0.39 is 11.7 Å². The largest absolute Gasteiger partial charge is 0.494 e. The minimum atomic E-state index is -4.62. The molecule has 35 heavy (non-hydrogen) atoms. The van der Waals surface area contributed by atoms with Crippen LogP contribution in [-0.2, 0) is 6.18 Å². The van der Waals surface area contributed by atoms with Gasteiger partial charge in [0.25, 0.3) is 0 Å². The smallest absolute Gasteiger partial charge is 0.421 e. The van der Waals surface area contributed by atoms with Gasteiger partial charge in [-0.3, -0.25) is 0 Å². The molecule has 0 saturated carbocycles. The zero-order valence-electron chi connectivity index (χ0n) is 20.2. The number of ether oxygens (including phenoxy) is 2. The molecular weight excluding hydrogens is 457 g/mol. The highest BCUT2D eigenvalue weighted by Crippen LogP contribution is 2.36. The number of aromatic nitrogens is 2. The Morgan fingerprint density at radius 3 is 2.40 bits per heavy atom. The van der Waals surface area contributed by atoms with Gasteiger partial charge in [-0.1, -0.05) is 32.8 Å². The van der Waals surface area contributed by atoms with Crippen LogP contribution in [0.2, 0.25) is 0 Å². The number of nitrogens with one attached hydrogen (secondary N) is 2. The van der Waals surface area contributed by atoms with E-state index in [1.807, 2.05) is 13.8 Å². The normalized spacial score (nSPS) is 12.2. The standard InChI is InChI=1S/C26H31F3N4O2/c1-4-6-7-15-34-22-10-8-9-20(16-22)31-24-23(26(27,28)29)17-30-25(33-24)32-19-11-13-21(14-12-19)35-18(3)5-2/h8-14,16-18H,4-7,15H2,1-3H3,(H2,30,31,32,33). The van der Waals surface area contributed by atoms with Gasteiger partial charge in [-0.25, -0.2) is 4.98 Å². The molecule has 2 N–H and O–H groups in total. The predicted octanol–water partition coefficient (Wildman–Crippen LogP) is 7.73. The molecule has 0 aliphatic carbocycles. The Balaban J connectivity index is 1.77. The van der Waals surface area contributed by atoms with Gasteiger partial charge in [0, 0.05) is 23.6 Å². The van der Waals surface area contributed by atoms with Crippen LogP contribution >= 0.6 is 0 Å². The molecule has 0 fully saturated rings. The maximum atomic E-state index is 13.6. The van der Waals surface area contributed by atoms with E-state index in [0.717, 1.165) is 31.9 Å². The SMILES string of the molecule is CCCCCOc1cccc(Nc2nc(Nc3ccc(OC(C)CC)cc3)ncc2C(F)(F)F)c1. The third-order valence-electron chi connectivity index (χ3n) is 5.23. The molecular formula is C26H31F3N4O2. The first-order valence-corrected chi connectivity index (χ1v) is 11.8. The molecule has 3 aromatic rings. The maximum Gasteiger partial charge on any atom is 0.421 e. The molecule has 2 aromatic carbocycles. The van der Waals surface area contributed by atoms with Crippen LogP contribution in [0.3, 0.4) is 0 Å². The number of hydrogen-bond donors (Lipinski definition) is 2. The quantitative estimate of drug-likeness (QED) is 0.254. The van der Waals surface area contributed by atoms with E-state index in [1.54, 1.807) is 48.5 Å². The number of anilines is 4. The van der Waals surface area contributed by atoms with Crippen LogP contribution in [0.5, 0.6) is 11.5 Å². The van der Waals surface area contributed by atoms with E-state index in [2.05, 4.69) is 27.5 Å². The first-order valence-electron chi connectivity index (χ1n) is 11.8. The van der Waals surface area contributed by atoms with Crippen LogP contribution < -0.4 is 20.1 Å². The lowest BCUT2D eigenvalue weighted by molar-refractivity contribution is -0.137. The van der Waals surface area contributed by atoms with Gasteiger partial charge in [-0.15, -0.1) is 0 Å². The predicted molar refractivity (Wildman–Crippen MR) is 132 cm³/mol. The Labute approximate surface area is 203 Å². The Hall–Kier alpha value is -3.49. The van der Waals surface area contributed by atoms with Gasteiger partial charge in [0.15, 0.2) is 0 Å². The van der Waals surface area contributed by atoms with E-state index in [1.165, 1.54) is 0 Å². The molecule has 188 valence electrons. The van der Waals surface area contributed by atoms with Gasteiger partial charge in [-0.05, 0) is 56.2 Å². The molecule has 0 spiro atoms. The number of nitrogens with zero attached hydrogens (tertiary/aromatic N) is 2. The van der Waals surface area contributed by atoms with Crippen molar-refractivity contribution in [1.29, 1.82) is 0 Å². The third kappa shape index (κ3) is 8.05. The van der Waals surface area contributed by atoms with E-state index in [0.29, 0.717) is 29.5 Å². The van der Waals surface area contributed by atoms with E-state index >= 15 is 0 Å². The summed E-state index contributed by atoms with van der Waals surface area (Å²) in [6.07, 6.45) is 0.150. The molecule has 0 amide bonds. The minimum Gasteiger partial charge on any atom is -0.494 e. The Morgan fingerprint density at radius 1 is 0.943 bits per heavy atom. The van der Waals surface area contributed by atoms with Crippen molar-refractivity contribution in [1.82, 2.24) is 9.97 Å². The molecule has 0 saturated heterocycles. The summed E-state index contributed by atoms with van der Waals surface area (Å²) >= 11 is 0. The average Bonchev–Trinajstić information content (AvgIpc) is 2.83. The second-order valence-electron chi connectivity index (χ2n) is 8.15. The molecule has 0 aliphatic heterocycles. The van der Waals surface area contributed by atoms with Crippen molar-refractivity contribution in [2.75, 3.05) is 17.2 Å². The maximum absolute atomic E-state index is 13.6. The molecule has 0 bridgehead atoms. The summed E-state index contributed by atoms with van der Waals surface area (Å²) in [6, 6.07) is 13.9. The second-order valence-corrected chi connectivity index (χ2v) is 8.15. The van der Waals surface area contributed by atoms with Crippen molar-refractivity contribution in [2.45, 2.75) is 58.7 Å². The molecule has 1 unspecified atom stereocenters. The summed E-state index contributed by atoms with van der Waals surface area (Å²) in [5.41, 5.74) is 0.0870. The van der Waals surface area contributed by atoms with Crippen LogP contribution in [0.1, 0.15) is 52.0 Å². The number of benzene rings is 2. The number of hydrogen-bond acceptors (Lipinski definition) is 6. The summed E-state index contributed by atoms with van der Waals surface area (Å²) < 4.78 is 52.3. The first-order chi connectivity index (χ1) is 16.8. The molecule has 0 aliphatic rings. The van der Waals surface area contributed by atoms with Gasteiger partial charge < -0.3 is 20.1 Å². The van der Waals surface area contributed by atoms with Crippen molar-refractivity contribution in [3.8, 4) is 11.5 Å². The zero-order valence-corrected chi connectivity index (χ0v) is 20.2. The summed E-state index contributed by atoms with van der Waals surface area (Å²) in [5, 5.41) is 5.72. The topological polar surface area (TPSA) is 68.3 Å². The Bertz CT molecular complexity index is 1070. The fourth-order valence-electron chi connectivity index (χ4n) is 3.15. The third-order valence-corrected chi connectivity index (χ3v) is 5.23. The minimum absolute atomic E-state index is 0.0306. The van der Waals surface area contributed by atoms with Gasteiger partial charge >= 0.3 is 6.18 Å². The number of unbranched alkanes of at least 4 members (excludes halogenated alkanes) is 2. The molecule has 1 heterocycles. The average molecular weight is 489 g/mol. The van der Waals surface area contributed by atoms with Crippen LogP contribution in [0.4, 0.5) is 36.3 Å². The Morgan fingerprint density at radius 2 is 1.71 bits per heavy atom. The Kier molecular flexibility index (Phi) is 9.17. The molecule has 1 atom stereocenters. The summed E-state index contributed by atoms with van der Waals surface area (Å²) in [4.78, 5) is 7.97. The molecule has 6 nitrogen and oxygen atoms in total. The van der Waals surface area contributed by atoms with Crippen LogP contribution in [-0.4, -0.2) is 22.7 Å². The van der Waals surface area contributed by atoms with Gasteiger partial charge in [-0.2, -0.15) is 18.2 Å². The highest BCUT2D eigenvalue weighted by molar-refractivity contribution is 5.64. The molecule has 3 rings (SSSR count). The number of rotatable bonds is 12. The molecule has 1 aromatic heterocycles. The first kappa shape index (κ1) is 26.1. The summed E-state index contributed by atoms with van der Waals surface area (Å²) in [5.74, 6) is 0.960. The molecule has 9 heteroatoms. The van der Waals surface area contributed by atoms with Crippen LogP contribution in [0, 0.1) is 0 Å². The zero-order chi connectivity index (χ0) is 25.3. The van der Waals surface area contributed by atoms with Crippen molar-refractivity contribution in [3.63, 3.8) is 0 Å². The molecule has 0 radical (unpaired) electrons. The highest BCUT2D eigenvalue weighted by atomic mass is 19.4. The van der Waals surface area contributed by atoms with E-state index in [4.69, 9.17) is 9.47 Å². The number of alkyl halides is 3. The lowest BCUT2D eigenvalue weighted by atomic mass is 10.2. The van der Waals surface area contributed by atoms with E-state index in [9.17, 15) is 13.2 Å². The van der Waals surface area contributed by atoms with Gasteiger partial charge in [0.1, 0.15) is 22.9 Å². The van der Waals surface area contributed by atoms with Gasteiger partial charge in [0.05, 0.1) is 12.7 Å². The lowest BCUT2D eigenvalue weighted by Crippen LogP contribution is -2.12. The van der Waals surface area contributed by atoms with Crippen LogP contribution in [0.15, 0.2) is 54.7 Å². The summed E-state index contributed by atoms with van der Waals surface area (Å²) in [6.45, 7) is 6.66. The van der Waals surface area contributed by atoms with E-state index in [-0.39, 0.29) is 17.9 Å². The summed E-state index contributed by atoms with van der Waals surface area (Å²) in [7, 11) is 0. The van der Waals surface area contributed by atoms with Crippen molar-refractivity contribution in [2.24, 2.45) is 0 Å². The van der Waals surface area contributed by atoms with Crippen molar-refractivity contribution >= 4 is 23.1 Å². The van der Waals surface area contributed by atoms with Crippen molar-refractivity contribution in [3.05, 3.63) is 60.3 Å². The van der Waals surface area contributed by atoms with Gasteiger partial charge in [0.2, 0.25) is 5.95 Å². The second kappa shape index (κ2) is 12.3. The fourth-order valence-corrected chi connectivity index (χ4v) is 3.15. The van der Waals surface area contributed by atoms with Crippen LogP contribution in [0.25, 0.3) is 0 Å². The lowest BCUT2D eigenvalue weighted by Gasteiger charge is -2.16. The monoisotopic (exact) mass is 488 g/mol. The highest BCUT2D eigenvalue weighted by Gasteiger charge is 2.35. The van der Waals surface area contributed by atoms with Crippen molar-refractivity contribution < 1.29 is 22.6 Å². The fraction of sp³-hybridized carbons (Fsp3) is 0.385.